The Hall–Kier alpha value is -2.33. The minimum Gasteiger partial charge on any atom is -0.377 e. The van der Waals surface area contributed by atoms with Crippen LogP contribution in [0.2, 0.25) is 0 Å². The van der Waals surface area contributed by atoms with E-state index in [2.05, 4.69) is 28.0 Å². The van der Waals surface area contributed by atoms with Crippen molar-refractivity contribution in [3.63, 3.8) is 0 Å². The molecule has 1 atom stereocenters. The van der Waals surface area contributed by atoms with Crippen LogP contribution in [-0.4, -0.2) is 38.6 Å². The first-order valence-electron chi connectivity index (χ1n) is 9.87. The van der Waals surface area contributed by atoms with Gasteiger partial charge in [0.2, 0.25) is 10.0 Å². The molecule has 4 rings (SSSR count). The average molecular weight is 446 g/mol. The van der Waals surface area contributed by atoms with Crippen molar-refractivity contribution in [3.8, 4) is 0 Å². The van der Waals surface area contributed by atoms with E-state index < -0.39 is 15.9 Å². The lowest BCUT2D eigenvalue weighted by molar-refractivity contribution is 0.102. The summed E-state index contributed by atoms with van der Waals surface area (Å²) in [6.07, 6.45) is 2.61. The van der Waals surface area contributed by atoms with Crippen molar-refractivity contribution in [2.45, 2.75) is 37.2 Å². The van der Waals surface area contributed by atoms with Crippen molar-refractivity contribution < 1.29 is 17.9 Å². The fourth-order valence-electron chi connectivity index (χ4n) is 3.31. The molecule has 2 N–H and O–H groups in total. The van der Waals surface area contributed by atoms with Crippen LogP contribution in [0.5, 0.6) is 0 Å². The number of nitrogens with zero attached hydrogens (tertiary/aromatic N) is 1. The van der Waals surface area contributed by atoms with Crippen LogP contribution in [0.15, 0.2) is 47.4 Å². The second kappa shape index (κ2) is 8.81. The molecule has 7 nitrogen and oxygen atoms in total. The number of anilines is 1. The first kappa shape index (κ1) is 20.9. The van der Waals surface area contributed by atoms with E-state index in [1.54, 1.807) is 12.1 Å². The molecule has 9 heteroatoms. The fourth-order valence-corrected chi connectivity index (χ4v) is 5.34. The SMILES string of the molecule is CCc1ccc2nc(NC(=O)c3cccc(S(=O)(=O)NCC4CCCO4)c3)sc2c1. The minimum absolute atomic E-state index is 0.0463. The Bertz CT molecular complexity index is 1170. The first-order valence-corrected chi connectivity index (χ1v) is 12.2. The molecule has 1 aliphatic rings. The molecule has 1 aromatic heterocycles. The number of aryl methyl sites for hydroxylation is 1. The number of sulfonamides is 1. The number of nitrogens with one attached hydrogen (secondary N) is 2. The molecule has 0 spiro atoms. The highest BCUT2D eigenvalue weighted by atomic mass is 32.2. The molecule has 1 saturated heterocycles. The van der Waals surface area contributed by atoms with E-state index in [1.165, 1.54) is 29.0 Å². The zero-order valence-electron chi connectivity index (χ0n) is 16.6. The molecule has 0 radical (unpaired) electrons. The van der Waals surface area contributed by atoms with Crippen molar-refractivity contribution >= 4 is 42.6 Å². The topological polar surface area (TPSA) is 97.4 Å². The molecule has 3 aromatic rings. The van der Waals surface area contributed by atoms with E-state index in [4.69, 9.17) is 4.74 Å². The molecule has 1 fully saturated rings. The summed E-state index contributed by atoms with van der Waals surface area (Å²) in [4.78, 5) is 17.2. The van der Waals surface area contributed by atoms with Crippen LogP contribution in [0.3, 0.4) is 0 Å². The molecule has 0 aliphatic carbocycles. The van der Waals surface area contributed by atoms with Gasteiger partial charge in [-0.05, 0) is 55.2 Å². The molecule has 30 heavy (non-hydrogen) atoms. The van der Waals surface area contributed by atoms with Crippen molar-refractivity contribution in [3.05, 3.63) is 53.6 Å². The van der Waals surface area contributed by atoms with Crippen molar-refractivity contribution in [1.82, 2.24) is 9.71 Å². The van der Waals surface area contributed by atoms with Crippen molar-refractivity contribution in [2.24, 2.45) is 0 Å². The average Bonchev–Trinajstić information content (AvgIpc) is 3.41. The second-order valence-electron chi connectivity index (χ2n) is 7.14. The van der Waals surface area contributed by atoms with E-state index in [0.29, 0.717) is 11.7 Å². The number of hydrogen-bond donors (Lipinski definition) is 2. The maximum atomic E-state index is 12.7. The van der Waals surface area contributed by atoms with E-state index in [0.717, 1.165) is 29.5 Å². The summed E-state index contributed by atoms with van der Waals surface area (Å²) < 4.78 is 34.2. The Labute approximate surface area is 179 Å². The quantitative estimate of drug-likeness (QED) is 0.579. The third kappa shape index (κ3) is 4.70. The van der Waals surface area contributed by atoms with Gasteiger partial charge < -0.3 is 4.74 Å². The van der Waals surface area contributed by atoms with Crippen LogP contribution in [0.4, 0.5) is 5.13 Å². The number of rotatable bonds is 7. The van der Waals surface area contributed by atoms with Crippen LogP contribution in [0.25, 0.3) is 10.2 Å². The lowest BCUT2D eigenvalue weighted by Crippen LogP contribution is -2.32. The summed E-state index contributed by atoms with van der Waals surface area (Å²) in [7, 11) is -3.73. The lowest BCUT2D eigenvalue weighted by Gasteiger charge is -2.12. The molecule has 0 saturated carbocycles. The van der Waals surface area contributed by atoms with Crippen LogP contribution in [0, 0.1) is 0 Å². The number of carbonyl (C=O) groups is 1. The zero-order chi connectivity index (χ0) is 21.1. The highest BCUT2D eigenvalue weighted by Gasteiger charge is 2.21. The Balaban J connectivity index is 1.48. The van der Waals surface area contributed by atoms with Gasteiger partial charge in [0.05, 0.1) is 21.2 Å². The monoisotopic (exact) mass is 445 g/mol. The summed E-state index contributed by atoms with van der Waals surface area (Å²) in [5.74, 6) is -0.402. The van der Waals surface area contributed by atoms with Gasteiger partial charge in [0.25, 0.3) is 5.91 Å². The van der Waals surface area contributed by atoms with Gasteiger partial charge in [-0.25, -0.2) is 18.1 Å². The molecule has 1 unspecified atom stereocenters. The number of amides is 1. The highest BCUT2D eigenvalue weighted by Crippen LogP contribution is 2.27. The van der Waals surface area contributed by atoms with Gasteiger partial charge in [-0.3, -0.25) is 10.1 Å². The number of fused-ring (bicyclic) bond motifs is 1. The number of thiazole rings is 1. The van der Waals surface area contributed by atoms with Gasteiger partial charge in [-0.15, -0.1) is 0 Å². The van der Waals surface area contributed by atoms with E-state index >= 15 is 0 Å². The summed E-state index contributed by atoms with van der Waals surface area (Å²) in [6.45, 7) is 2.97. The van der Waals surface area contributed by atoms with Gasteiger partial charge in [0.15, 0.2) is 5.13 Å². The lowest BCUT2D eigenvalue weighted by atomic mass is 10.2. The Kier molecular flexibility index (Phi) is 6.14. The summed E-state index contributed by atoms with van der Waals surface area (Å²) in [5, 5.41) is 3.25. The molecular weight excluding hydrogens is 422 g/mol. The summed E-state index contributed by atoms with van der Waals surface area (Å²) in [5.41, 5.74) is 2.28. The van der Waals surface area contributed by atoms with E-state index in [-0.39, 0.29) is 23.1 Å². The molecule has 2 heterocycles. The van der Waals surface area contributed by atoms with Gasteiger partial charge in [-0.2, -0.15) is 0 Å². The maximum Gasteiger partial charge on any atom is 0.257 e. The molecular formula is C21H23N3O4S2. The van der Waals surface area contributed by atoms with Crippen LogP contribution < -0.4 is 10.0 Å². The predicted octanol–water partition coefficient (Wildman–Crippen LogP) is 3.57. The predicted molar refractivity (Wildman–Crippen MR) is 118 cm³/mol. The van der Waals surface area contributed by atoms with Crippen LogP contribution >= 0.6 is 11.3 Å². The normalized spacial score (nSPS) is 16.8. The standard InChI is InChI=1S/C21H23N3O4S2/c1-2-14-8-9-18-19(11-14)29-21(23-18)24-20(25)15-5-3-7-17(12-15)30(26,27)22-13-16-6-4-10-28-16/h3,5,7-9,11-12,16,22H,2,4,6,10,13H2,1H3,(H,23,24,25). The van der Waals surface area contributed by atoms with Gasteiger partial charge in [0.1, 0.15) is 0 Å². The molecule has 2 aromatic carbocycles. The molecule has 158 valence electrons. The van der Waals surface area contributed by atoms with Crippen LogP contribution in [-0.2, 0) is 21.2 Å². The number of benzene rings is 2. The van der Waals surface area contributed by atoms with Crippen molar-refractivity contribution in [2.75, 3.05) is 18.5 Å². The number of carbonyl (C=O) groups excluding carboxylic acids is 1. The second-order valence-corrected chi connectivity index (χ2v) is 9.94. The highest BCUT2D eigenvalue weighted by molar-refractivity contribution is 7.89. The molecule has 1 amide bonds. The van der Waals surface area contributed by atoms with E-state index in [9.17, 15) is 13.2 Å². The largest absolute Gasteiger partial charge is 0.377 e. The molecule has 0 bridgehead atoms. The third-order valence-corrected chi connectivity index (χ3v) is 7.37. The number of aromatic nitrogens is 1. The van der Waals surface area contributed by atoms with Crippen LogP contribution in [0.1, 0.15) is 35.7 Å². The Morgan fingerprint density at radius 2 is 2.13 bits per heavy atom. The Morgan fingerprint density at radius 1 is 1.27 bits per heavy atom. The first-order chi connectivity index (χ1) is 14.4. The molecule has 1 aliphatic heterocycles. The van der Waals surface area contributed by atoms with Gasteiger partial charge in [-0.1, -0.05) is 30.4 Å². The Morgan fingerprint density at radius 3 is 2.90 bits per heavy atom. The zero-order valence-corrected chi connectivity index (χ0v) is 18.2. The number of ether oxygens (including phenoxy) is 1. The third-order valence-electron chi connectivity index (χ3n) is 5.01. The number of hydrogen-bond acceptors (Lipinski definition) is 6. The maximum absolute atomic E-state index is 12.7. The summed E-state index contributed by atoms with van der Waals surface area (Å²) in [6, 6.07) is 12.0. The van der Waals surface area contributed by atoms with E-state index in [1.807, 2.05) is 12.1 Å². The summed E-state index contributed by atoms with van der Waals surface area (Å²) >= 11 is 1.39. The fraction of sp³-hybridized carbons (Fsp3) is 0.333. The van der Waals surface area contributed by atoms with Gasteiger partial charge >= 0.3 is 0 Å². The van der Waals surface area contributed by atoms with Crippen molar-refractivity contribution in [1.29, 1.82) is 0 Å². The minimum atomic E-state index is -3.73. The van der Waals surface area contributed by atoms with Gasteiger partial charge in [0, 0.05) is 18.7 Å². The smallest absolute Gasteiger partial charge is 0.257 e.